The first-order valence-corrected chi connectivity index (χ1v) is 19.9. The Kier molecular flexibility index (Phi) is 16.1. The van der Waals surface area contributed by atoms with Crippen molar-refractivity contribution < 1.29 is 63.2 Å². The molecule has 3 rings (SSSR count). The van der Waals surface area contributed by atoms with Gasteiger partial charge in [-0.15, -0.1) is 0 Å². The van der Waals surface area contributed by atoms with Gasteiger partial charge in [0.1, 0.15) is 29.7 Å². The number of esters is 1. The quantitative estimate of drug-likeness (QED) is 0.251. The van der Waals surface area contributed by atoms with E-state index in [2.05, 4.69) is 0 Å². The van der Waals surface area contributed by atoms with Crippen molar-refractivity contribution in [2.24, 2.45) is 23.7 Å². The van der Waals surface area contributed by atoms with Gasteiger partial charge in [0, 0.05) is 37.3 Å². The van der Waals surface area contributed by atoms with Crippen LogP contribution in [-0.2, 0) is 42.7 Å². The van der Waals surface area contributed by atoms with Crippen LogP contribution in [-0.4, -0.2) is 149 Å². The van der Waals surface area contributed by atoms with Crippen molar-refractivity contribution in [3.8, 4) is 0 Å². The van der Waals surface area contributed by atoms with Gasteiger partial charge in [0.15, 0.2) is 12.6 Å². The number of likely N-dealkylation sites (N-methyl/N-ethyl adjacent to an activating group) is 1. The van der Waals surface area contributed by atoms with Crippen molar-refractivity contribution in [3.05, 3.63) is 0 Å². The molecule has 54 heavy (non-hydrogen) atoms. The van der Waals surface area contributed by atoms with Gasteiger partial charge in [-0.1, -0.05) is 27.7 Å². The van der Waals surface area contributed by atoms with E-state index in [0.29, 0.717) is 6.42 Å². The molecule has 0 amide bonds. The van der Waals surface area contributed by atoms with Crippen LogP contribution in [0.5, 0.6) is 0 Å². The summed E-state index contributed by atoms with van der Waals surface area (Å²) >= 11 is 0. The molecule has 3 aliphatic rings. The topological polar surface area (TPSA) is 183 Å². The highest BCUT2D eigenvalue weighted by molar-refractivity contribution is 5.83. The van der Waals surface area contributed by atoms with Gasteiger partial charge in [-0.05, 0) is 88.7 Å². The molecule has 0 aromatic rings. The van der Waals surface area contributed by atoms with Crippen LogP contribution in [0.25, 0.3) is 0 Å². The maximum atomic E-state index is 14.3. The van der Waals surface area contributed by atoms with E-state index < -0.39 is 102 Å². The van der Waals surface area contributed by atoms with Crippen LogP contribution < -0.4 is 0 Å². The summed E-state index contributed by atoms with van der Waals surface area (Å²) < 4.78 is 44.7. The third-order valence-corrected chi connectivity index (χ3v) is 12.3. The van der Waals surface area contributed by atoms with Gasteiger partial charge in [0.2, 0.25) is 0 Å². The number of cyclic esters (lactones) is 1. The summed E-state index contributed by atoms with van der Waals surface area (Å²) in [5, 5.41) is 45.9. The lowest BCUT2D eigenvalue weighted by atomic mass is 9.73. The maximum absolute atomic E-state index is 14.3. The standard InChI is InChI=1S/C40H73NO13/c1-16-28-40(12,47)33(44)23(6)30(42)21(4)18-39(11,54-20(2)3)35(53-37-31(43)27(41(13)14)17-22(5)49-37)24(7)32(25(8)36(46)51-28)52-29-19-38(10,48-15)34(45)26(9)50-29/h20-29,31-35,37,43-45,47H,16-19H2,1-15H3/t21-,22-,23+,24+,25-,26+,27+,28-,29+,31-,32+,33-,34+,35-,37+,38-,39+,40-/m1/s1. The average molecular weight is 776 g/mol. The molecule has 4 N–H and O–H groups in total. The zero-order valence-electron chi connectivity index (χ0n) is 35.5. The van der Waals surface area contributed by atoms with Crippen LogP contribution in [0, 0.1) is 23.7 Å². The molecule has 0 aromatic carbocycles. The molecule has 0 radical (unpaired) electrons. The van der Waals surface area contributed by atoms with Gasteiger partial charge >= 0.3 is 5.97 Å². The molecule has 0 spiro atoms. The largest absolute Gasteiger partial charge is 0.459 e. The SMILES string of the molecule is CC[C@H]1OC(=O)[C@H](C)[C@@H](O[C@H]2C[C@@](C)(OC)[C@@H](O)[C@H](C)O2)[C@H](C)[C@@H](O[C@@H]2O[C@H](C)C[C@H](N(C)C)[C@H]2O)[C@@](C)(OC(C)C)C[C@@H](C)C(=O)[C@H](C)[C@@H](O)[C@]1(C)O. The van der Waals surface area contributed by atoms with Gasteiger partial charge < -0.3 is 58.5 Å². The smallest absolute Gasteiger partial charge is 0.311 e. The van der Waals surface area contributed by atoms with E-state index in [9.17, 15) is 30.0 Å². The number of carbonyl (C=O) groups is 2. The number of carbonyl (C=O) groups excluding carboxylic acids is 2. The van der Waals surface area contributed by atoms with Crippen LogP contribution in [0.15, 0.2) is 0 Å². The Morgan fingerprint density at radius 1 is 0.889 bits per heavy atom. The number of ether oxygens (including phenoxy) is 7. The highest BCUT2D eigenvalue weighted by Gasteiger charge is 2.54. The fourth-order valence-corrected chi connectivity index (χ4v) is 9.04. The molecule has 3 heterocycles. The molecule has 0 saturated carbocycles. The van der Waals surface area contributed by atoms with Crippen molar-refractivity contribution in [1.82, 2.24) is 4.90 Å². The second-order valence-electron chi connectivity index (χ2n) is 17.6. The fraction of sp³-hybridized carbons (Fsp3) is 0.950. The molecular formula is C40H73NO13. The molecule has 0 bridgehead atoms. The number of ketones is 1. The average Bonchev–Trinajstić information content (AvgIpc) is 3.08. The van der Waals surface area contributed by atoms with Gasteiger partial charge in [0.25, 0.3) is 0 Å². The van der Waals surface area contributed by atoms with E-state index >= 15 is 0 Å². The van der Waals surface area contributed by atoms with Crippen LogP contribution in [0.1, 0.15) is 109 Å². The zero-order valence-corrected chi connectivity index (χ0v) is 35.5. The number of hydrogen-bond acceptors (Lipinski definition) is 14. The van der Waals surface area contributed by atoms with Crippen molar-refractivity contribution in [1.29, 1.82) is 0 Å². The molecule has 3 saturated heterocycles. The van der Waals surface area contributed by atoms with Gasteiger partial charge in [-0.2, -0.15) is 0 Å². The summed E-state index contributed by atoms with van der Waals surface area (Å²) in [6.07, 6.45) is -9.16. The summed E-state index contributed by atoms with van der Waals surface area (Å²) in [5.74, 6) is -4.50. The monoisotopic (exact) mass is 776 g/mol. The third kappa shape index (κ3) is 10.2. The molecule has 316 valence electrons. The van der Waals surface area contributed by atoms with Crippen LogP contribution in [0.4, 0.5) is 0 Å². The number of methoxy groups -OCH3 is 1. The maximum Gasteiger partial charge on any atom is 0.311 e. The van der Waals surface area contributed by atoms with Gasteiger partial charge in [-0.25, -0.2) is 0 Å². The van der Waals surface area contributed by atoms with E-state index in [1.165, 1.54) is 14.0 Å². The van der Waals surface area contributed by atoms with Crippen molar-refractivity contribution >= 4 is 11.8 Å². The molecule has 0 unspecified atom stereocenters. The van der Waals surface area contributed by atoms with E-state index in [4.69, 9.17) is 33.2 Å². The lowest BCUT2D eigenvalue weighted by Crippen LogP contribution is -2.62. The predicted molar refractivity (Wildman–Crippen MR) is 200 cm³/mol. The van der Waals surface area contributed by atoms with E-state index in [1.54, 1.807) is 41.5 Å². The van der Waals surface area contributed by atoms with Crippen molar-refractivity contribution in [3.63, 3.8) is 0 Å². The van der Waals surface area contributed by atoms with Gasteiger partial charge in [0.05, 0.1) is 53.7 Å². The van der Waals surface area contributed by atoms with Crippen molar-refractivity contribution in [2.45, 2.75) is 199 Å². The second-order valence-corrected chi connectivity index (χ2v) is 17.6. The first-order chi connectivity index (χ1) is 24.8. The number of aliphatic hydroxyl groups is 4. The Balaban J connectivity index is 2.28. The highest BCUT2D eigenvalue weighted by Crippen LogP contribution is 2.42. The molecule has 3 fully saturated rings. The highest BCUT2D eigenvalue weighted by atomic mass is 16.7. The van der Waals surface area contributed by atoms with E-state index in [1.807, 2.05) is 53.6 Å². The molecule has 0 aliphatic carbocycles. The lowest BCUT2D eigenvalue weighted by Gasteiger charge is -2.50. The molecule has 3 aliphatic heterocycles. The Morgan fingerprint density at radius 3 is 2.04 bits per heavy atom. The number of nitrogens with zero attached hydrogens (tertiary/aromatic N) is 1. The van der Waals surface area contributed by atoms with E-state index in [0.717, 1.165) is 0 Å². The zero-order chi connectivity index (χ0) is 41.2. The van der Waals surface area contributed by atoms with E-state index in [-0.39, 0.29) is 43.3 Å². The first kappa shape index (κ1) is 47.1. The minimum absolute atomic E-state index is 0.112. The minimum Gasteiger partial charge on any atom is -0.459 e. The van der Waals surface area contributed by atoms with Gasteiger partial charge in [-0.3, -0.25) is 9.59 Å². The van der Waals surface area contributed by atoms with Crippen LogP contribution in [0.2, 0.25) is 0 Å². The fourth-order valence-electron chi connectivity index (χ4n) is 9.04. The minimum atomic E-state index is -1.97. The second kappa shape index (κ2) is 18.5. The number of aliphatic hydroxyl groups excluding tert-OH is 3. The van der Waals surface area contributed by atoms with Crippen LogP contribution in [0.3, 0.4) is 0 Å². The Labute approximate surface area is 323 Å². The molecule has 14 heteroatoms. The summed E-state index contributed by atoms with van der Waals surface area (Å²) in [7, 11) is 5.28. The first-order valence-electron chi connectivity index (χ1n) is 19.9. The molecular weight excluding hydrogens is 702 g/mol. The Bertz CT molecular complexity index is 1230. The third-order valence-electron chi connectivity index (χ3n) is 12.3. The van der Waals surface area contributed by atoms with Crippen molar-refractivity contribution in [2.75, 3.05) is 21.2 Å². The summed E-state index contributed by atoms with van der Waals surface area (Å²) in [6.45, 7) is 20.9. The summed E-state index contributed by atoms with van der Waals surface area (Å²) in [6, 6.07) is -0.289. The normalized spacial score (nSPS) is 47.8. The molecule has 14 nitrogen and oxygen atoms in total. The lowest BCUT2D eigenvalue weighted by molar-refractivity contribution is -0.322. The Morgan fingerprint density at radius 2 is 1.50 bits per heavy atom. The molecule has 18 atom stereocenters. The Hall–Kier alpha value is -1.30. The van der Waals surface area contributed by atoms with Crippen LogP contribution >= 0.6 is 0 Å². The number of Topliss-reactive ketones (excluding diaryl/α,β-unsaturated/α-hetero) is 1. The predicted octanol–water partition coefficient (Wildman–Crippen LogP) is 3.22. The summed E-state index contributed by atoms with van der Waals surface area (Å²) in [5.41, 5.74) is -4.28. The molecule has 0 aromatic heterocycles. The number of hydrogen-bond donors (Lipinski definition) is 4. The summed E-state index contributed by atoms with van der Waals surface area (Å²) in [4.78, 5) is 30.4. The number of rotatable bonds is 9.